The van der Waals surface area contributed by atoms with E-state index in [4.69, 9.17) is 0 Å². The molecule has 0 spiro atoms. The van der Waals surface area contributed by atoms with Crippen molar-refractivity contribution in [2.75, 3.05) is 0 Å². The van der Waals surface area contributed by atoms with Crippen molar-refractivity contribution < 1.29 is 0 Å². The number of allylic oxidation sites excluding steroid dienone is 1. The highest BCUT2D eigenvalue weighted by molar-refractivity contribution is 9.14. The lowest BCUT2D eigenvalue weighted by molar-refractivity contribution is 0.570. The fourth-order valence-electron chi connectivity index (χ4n) is 1.23. The van der Waals surface area contributed by atoms with Crippen molar-refractivity contribution in [3.05, 3.63) is 11.1 Å². The molecule has 0 heterocycles. The molecule has 0 bridgehead atoms. The molecule has 0 nitrogen and oxygen atoms in total. The van der Waals surface area contributed by atoms with E-state index in [2.05, 4.69) is 52.3 Å². The summed E-state index contributed by atoms with van der Waals surface area (Å²) in [6.45, 7) is 8.44. The molecule has 0 amide bonds. The zero-order chi connectivity index (χ0) is 7.94. The highest BCUT2D eigenvalue weighted by atomic mass is 79.9. The van der Waals surface area contributed by atoms with E-state index in [0.29, 0.717) is 10.2 Å². The summed E-state index contributed by atoms with van der Waals surface area (Å²) in [5.74, 6) is 0.777. The zero-order valence-electron chi connectivity index (χ0n) is 6.32. The average molecular weight is 268 g/mol. The Balaban J connectivity index is 2.47. The lowest BCUT2D eigenvalue weighted by atomic mass is 10.1. The van der Waals surface area contributed by atoms with Gasteiger partial charge < -0.3 is 0 Å². The molecule has 0 saturated heterocycles. The fraction of sp³-hybridized carbons (Fsp3) is 0.750. The van der Waals surface area contributed by atoms with Gasteiger partial charge in [0.15, 0.2) is 0 Å². The van der Waals surface area contributed by atoms with E-state index in [-0.39, 0.29) is 0 Å². The third-order valence-electron chi connectivity index (χ3n) is 2.24. The van der Waals surface area contributed by atoms with Crippen LogP contribution in [-0.2, 0) is 0 Å². The smallest absolute Gasteiger partial charge is 0.0488 e. The van der Waals surface area contributed by atoms with Crippen LogP contribution >= 0.6 is 31.9 Å². The maximum Gasteiger partial charge on any atom is 0.0488 e. The maximum absolute atomic E-state index is 3.85. The highest BCUT2D eigenvalue weighted by Gasteiger charge is 2.49. The SMILES string of the molecule is C=C(Br)C(Br)C1CC1(C)C. The first-order valence-corrected chi connectivity index (χ1v) is 5.14. The van der Waals surface area contributed by atoms with E-state index >= 15 is 0 Å². The Bertz CT molecular complexity index is 161. The van der Waals surface area contributed by atoms with Crippen molar-refractivity contribution in [3.63, 3.8) is 0 Å². The maximum atomic E-state index is 3.85. The molecule has 0 radical (unpaired) electrons. The van der Waals surface area contributed by atoms with Gasteiger partial charge in [-0.05, 0) is 17.8 Å². The topological polar surface area (TPSA) is 0 Å². The lowest BCUT2D eigenvalue weighted by Gasteiger charge is -2.08. The van der Waals surface area contributed by atoms with E-state index < -0.39 is 0 Å². The predicted octanol–water partition coefficient (Wildman–Crippen LogP) is 3.70. The van der Waals surface area contributed by atoms with Crippen LogP contribution < -0.4 is 0 Å². The molecule has 0 aromatic rings. The molecule has 58 valence electrons. The van der Waals surface area contributed by atoms with Gasteiger partial charge in [0.05, 0.1) is 0 Å². The van der Waals surface area contributed by atoms with Crippen LogP contribution in [0.5, 0.6) is 0 Å². The normalized spacial score (nSPS) is 31.4. The number of alkyl halides is 1. The van der Waals surface area contributed by atoms with Gasteiger partial charge in [0, 0.05) is 9.31 Å². The van der Waals surface area contributed by atoms with Gasteiger partial charge in [-0.25, -0.2) is 0 Å². The number of hydrogen-bond acceptors (Lipinski definition) is 0. The monoisotopic (exact) mass is 266 g/mol. The first-order chi connectivity index (χ1) is 4.45. The summed E-state index contributed by atoms with van der Waals surface area (Å²) in [5.41, 5.74) is 0.533. The molecule has 0 N–H and O–H groups in total. The Labute approximate surface area is 79.3 Å². The summed E-state index contributed by atoms with van der Waals surface area (Å²) in [4.78, 5) is 0.461. The van der Waals surface area contributed by atoms with Crippen molar-refractivity contribution in [3.8, 4) is 0 Å². The summed E-state index contributed by atoms with van der Waals surface area (Å²) in [7, 11) is 0. The Morgan fingerprint density at radius 2 is 2.10 bits per heavy atom. The molecular formula is C8H12Br2. The van der Waals surface area contributed by atoms with Gasteiger partial charge in [-0.15, -0.1) is 0 Å². The van der Waals surface area contributed by atoms with Crippen molar-refractivity contribution >= 4 is 31.9 Å². The zero-order valence-corrected chi connectivity index (χ0v) is 9.50. The number of hydrogen-bond donors (Lipinski definition) is 0. The summed E-state index contributed by atoms with van der Waals surface area (Å²) in [6.07, 6.45) is 1.31. The Kier molecular flexibility index (Phi) is 2.31. The second kappa shape index (κ2) is 2.63. The van der Waals surface area contributed by atoms with Crippen LogP contribution in [0.1, 0.15) is 20.3 Å². The second-order valence-electron chi connectivity index (χ2n) is 3.65. The second-order valence-corrected chi connectivity index (χ2v) is 5.65. The molecule has 1 aliphatic carbocycles. The average Bonchev–Trinajstić information content (AvgIpc) is 2.38. The van der Waals surface area contributed by atoms with Gasteiger partial charge in [-0.3, -0.25) is 0 Å². The summed E-state index contributed by atoms with van der Waals surface area (Å²) in [6, 6.07) is 0. The lowest BCUT2D eigenvalue weighted by Crippen LogP contribution is -2.04. The molecule has 2 heteroatoms. The summed E-state index contributed by atoms with van der Waals surface area (Å²) in [5, 5.41) is 0. The molecular weight excluding hydrogens is 256 g/mol. The van der Waals surface area contributed by atoms with Gasteiger partial charge in [-0.1, -0.05) is 52.3 Å². The third kappa shape index (κ3) is 1.65. The predicted molar refractivity (Wildman–Crippen MR) is 52.7 cm³/mol. The van der Waals surface area contributed by atoms with Crippen LogP contribution in [0.25, 0.3) is 0 Å². The van der Waals surface area contributed by atoms with Crippen LogP contribution in [0.15, 0.2) is 11.1 Å². The molecule has 1 aliphatic rings. The van der Waals surface area contributed by atoms with E-state index in [1.807, 2.05) is 0 Å². The fourth-order valence-corrected chi connectivity index (χ4v) is 2.45. The van der Waals surface area contributed by atoms with Crippen LogP contribution in [0, 0.1) is 11.3 Å². The summed E-state index contributed by atoms with van der Waals surface area (Å²) >= 11 is 6.99. The minimum Gasteiger partial charge on any atom is -0.0877 e. The van der Waals surface area contributed by atoms with E-state index in [1.165, 1.54) is 6.42 Å². The number of halogens is 2. The Hall–Kier alpha value is 0.700. The molecule has 0 aromatic heterocycles. The number of rotatable bonds is 2. The van der Waals surface area contributed by atoms with Crippen LogP contribution in [-0.4, -0.2) is 4.83 Å². The third-order valence-corrected chi connectivity index (χ3v) is 4.54. The largest absolute Gasteiger partial charge is 0.0877 e. The van der Waals surface area contributed by atoms with Gasteiger partial charge in [-0.2, -0.15) is 0 Å². The highest BCUT2D eigenvalue weighted by Crippen LogP contribution is 2.57. The van der Waals surface area contributed by atoms with E-state index in [9.17, 15) is 0 Å². The van der Waals surface area contributed by atoms with E-state index in [0.717, 1.165) is 10.4 Å². The standard InChI is InChI=1S/C8H12Br2/c1-5(9)7(10)6-4-8(6,2)3/h6-7H,1,4H2,2-3H3. The molecule has 0 aromatic carbocycles. The minimum absolute atomic E-state index is 0.461. The van der Waals surface area contributed by atoms with Gasteiger partial charge in [0.1, 0.15) is 0 Å². The molecule has 1 fully saturated rings. The molecule has 1 rings (SSSR count). The molecule has 2 unspecified atom stereocenters. The van der Waals surface area contributed by atoms with Gasteiger partial charge in [0.2, 0.25) is 0 Å². The van der Waals surface area contributed by atoms with Gasteiger partial charge in [0.25, 0.3) is 0 Å². The molecule has 10 heavy (non-hydrogen) atoms. The van der Waals surface area contributed by atoms with Crippen molar-refractivity contribution in [1.29, 1.82) is 0 Å². The molecule has 0 aliphatic heterocycles. The van der Waals surface area contributed by atoms with Crippen LogP contribution in [0.3, 0.4) is 0 Å². The van der Waals surface area contributed by atoms with Gasteiger partial charge >= 0.3 is 0 Å². The Morgan fingerprint density at radius 3 is 2.20 bits per heavy atom. The minimum atomic E-state index is 0.461. The van der Waals surface area contributed by atoms with Crippen LogP contribution in [0.2, 0.25) is 0 Å². The first-order valence-electron chi connectivity index (χ1n) is 3.43. The van der Waals surface area contributed by atoms with E-state index in [1.54, 1.807) is 0 Å². The molecule has 1 saturated carbocycles. The first kappa shape index (κ1) is 8.79. The van der Waals surface area contributed by atoms with Crippen molar-refractivity contribution in [2.24, 2.45) is 11.3 Å². The quantitative estimate of drug-likeness (QED) is 0.670. The Morgan fingerprint density at radius 1 is 1.70 bits per heavy atom. The van der Waals surface area contributed by atoms with Crippen LogP contribution in [0.4, 0.5) is 0 Å². The molecule has 2 atom stereocenters. The summed E-state index contributed by atoms with van der Waals surface area (Å²) < 4.78 is 1.07. The van der Waals surface area contributed by atoms with Crippen molar-refractivity contribution in [2.45, 2.75) is 25.1 Å². The van der Waals surface area contributed by atoms with Crippen molar-refractivity contribution in [1.82, 2.24) is 0 Å².